The lowest BCUT2D eigenvalue weighted by Crippen LogP contribution is -2.20. The molecule has 2 unspecified atom stereocenters. The van der Waals surface area contributed by atoms with Crippen molar-refractivity contribution < 1.29 is 4.21 Å². The third kappa shape index (κ3) is 3.97. The Kier molecular flexibility index (Phi) is 5.00. The molecule has 0 saturated carbocycles. The minimum absolute atomic E-state index is 0.272. The van der Waals surface area contributed by atoms with Gasteiger partial charge in [-0.25, -0.2) is 0 Å². The summed E-state index contributed by atoms with van der Waals surface area (Å²) in [5, 5.41) is 0.272. The first-order valence-corrected chi connectivity index (χ1v) is 7.10. The highest BCUT2D eigenvalue weighted by Crippen LogP contribution is 2.11. The van der Waals surface area contributed by atoms with Crippen molar-refractivity contribution in [3.63, 3.8) is 0 Å². The molecule has 0 fully saturated rings. The Morgan fingerprint density at radius 2 is 1.75 bits per heavy atom. The van der Waals surface area contributed by atoms with Crippen LogP contribution in [0, 0.1) is 5.92 Å². The number of nitrogen functional groups attached to an aromatic ring is 1. The van der Waals surface area contributed by atoms with Crippen LogP contribution in [0.3, 0.4) is 0 Å². The summed E-state index contributed by atoms with van der Waals surface area (Å²) in [4.78, 5) is 0. The van der Waals surface area contributed by atoms with Gasteiger partial charge < -0.3 is 5.73 Å². The molecule has 2 nitrogen and oxygen atoms in total. The summed E-state index contributed by atoms with van der Waals surface area (Å²) in [6.45, 7) is 6.29. The molecule has 1 rings (SSSR count). The fourth-order valence-corrected chi connectivity index (χ4v) is 2.81. The second-order valence-electron chi connectivity index (χ2n) is 4.53. The van der Waals surface area contributed by atoms with Gasteiger partial charge in [0.05, 0.1) is 0 Å². The van der Waals surface area contributed by atoms with Crippen LogP contribution in [0.2, 0.25) is 0 Å². The van der Waals surface area contributed by atoms with Gasteiger partial charge in [-0.05, 0) is 30.0 Å². The topological polar surface area (TPSA) is 43.1 Å². The smallest absolute Gasteiger partial charge is 0.0342 e. The molecule has 3 heteroatoms. The first kappa shape index (κ1) is 13.2. The van der Waals surface area contributed by atoms with Gasteiger partial charge in [-0.15, -0.1) is 0 Å². The van der Waals surface area contributed by atoms with E-state index in [1.807, 2.05) is 24.3 Å². The van der Waals surface area contributed by atoms with Gasteiger partial charge >= 0.3 is 0 Å². The molecule has 0 amide bonds. The molecular formula is C13H21NOS. The number of hydrogen-bond donors (Lipinski definition) is 1. The maximum Gasteiger partial charge on any atom is 0.0342 e. The lowest BCUT2D eigenvalue weighted by atomic mass is 10.1. The van der Waals surface area contributed by atoms with Gasteiger partial charge in [-0.1, -0.05) is 32.9 Å². The van der Waals surface area contributed by atoms with Gasteiger partial charge in [-0.3, -0.25) is 4.21 Å². The van der Waals surface area contributed by atoms with Crippen LogP contribution >= 0.6 is 0 Å². The molecule has 0 aromatic heterocycles. The van der Waals surface area contributed by atoms with Gasteiger partial charge in [0, 0.05) is 27.5 Å². The molecular weight excluding hydrogens is 218 g/mol. The zero-order valence-electron chi connectivity index (χ0n) is 10.3. The number of nitrogens with two attached hydrogens (primary N) is 1. The maximum atomic E-state index is 11.9. The van der Waals surface area contributed by atoms with Crippen LogP contribution in [-0.2, 0) is 17.2 Å². The van der Waals surface area contributed by atoms with Crippen molar-refractivity contribution >= 4 is 16.5 Å². The van der Waals surface area contributed by atoms with E-state index in [0.717, 1.165) is 17.9 Å². The van der Waals surface area contributed by atoms with E-state index in [2.05, 4.69) is 20.8 Å². The average Bonchev–Trinajstić information content (AvgIpc) is 2.26. The minimum Gasteiger partial charge on any atom is -0.399 e. The van der Waals surface area contributed by atoms with Crippen molar-refractivity contribution in [2.75, 3.05) is 11.5 Å². The molecule has 0 radical (unpaired) electrons. The minimum atomic E-state index is -0.732. The summed E-state index contributed by atoms with van der Waals surface area (Å²) in [5.74, 6) is 1.22. The average molecular weight is 239 g/mol. The highest BCUT2D eigenvalue weighted by Gasteiger charge is 2.14. The zero-order valence-corrected chi connectivity index (χ0v) is 11.1. The second kappa shape index (κ2) is 6.04. The van der Waals surface area contributed by atoms with Gasteiger partial charge in [0.15, 0.2) is 0 Å². The van der Waals surface area contributed by atoms with E-state index < -0.39 is 10.8 Å². The van der Waals surface area contributed by atoms with Crippen LogP contribution in [0.15, 0.2) is 24.3 Å². The quantitative estimate of drug-likeness (QED) is 0.803. The molecule has 2 N–H and O–H groups in total. The van der Waals surface area contributed by atoms with Crippen LogP contribution in [0.25, 0.3) is 0 Å². The summed E-state index contributed by atoms with van der Waals surface area (Å²) >= 11 is 0. The van der Waals surface area contributed by atoms with Crippen molar-refractivity contribution in [1.29, 1.82) is 0 Å². The van der Waals surface area contributed by atoms with Crippen molar-refractivity contribution in [1.82, 2.24) is 0 Å². The number of hydrogen-bond acceptors (Lipinski definition) is 2. The Morgan fingerprint density at radius 3 is 2.25 bits per heavy atom. The van der Waals surface area contributed by atoms with E-state index in [1.165, 1.54) is 5.56 Å². The predicted octanol–water partition coefficient (Wildman–Crippen LogP) is 2.60. The van der Waals surface area contributed by atoms with E-state index in [1.54, 1.807) is 0 Å². The number of aryl methyl sites for hydroxylation is 1. The van der Waals surface area contributed by atoms with Crippen LogP contribution in [0.1, 0.15) is 26.3 Å². The molecule has 1 aromatic rings. The summed E-state index contributed by atoms with van der Waals surface area (Å²) in [7, 11) is -0.732. The van der Waals surface area contributed by atoms with Gasteiger partial charge in [0.2, 0.25) is 0 Å². The third-order valence-electron chi connectivity index (χ3n) is 2.93. The van der Waals surface area contributed by atoms with Gasteiger partial charge in [0.1, 0.15) is 0 Å². The Bertz CT molecular complexity index is 345. The SMILES string of the molecule is CC(C)C(C)S(=O)CCc1ccc(N)cc1. The molecule has 16 heavy (non-hydrogen) atoms. The molecule has 0 spiro atoms. The third-order valence-corrected chi connectivity index (χ3v) is 4.91. The number of benzene rings is 1. The molecule has 0 aliphatic heterocycles. The first-order valence-electron chi connectivity index (χ1n) is 5.72. The Balaban J connectivity index is 2.46. The van der Waals surface area contributed by atoms with Gasteiger partial charge in [-0.2, -0.15) is 0 Å². The molecule has 0 aliphatic carbocycles. The predicted molar refractivity (Wildman–Crippen MR) is 71.9 cm³/mol. The van der Waals surface area contributed by atoms with Gasteiger partial charge in [0.25, 0.3) is 0 Å². The second-order valence-corrected chi connectivity index (χ2v) is 6.44. The highest BCUT2D eigenvalue weighted by molar-refractivity contribution is 7.85. The van der Waals surface area contributed by atoms with Crippen molar-refractivity contribution in [2.24, 2.45) is 5.92 Å². The lowest BCUT2D eigenvalue weighted by Gasteiger charge is -2.14. The highest BCUT2D eigenvalue weighted by atomic mass is 32.2. The molecule has 90 valence electrons. The zero-order chi connectivity index (χ0) is 12.1. The van der Waals surface area contributed by atoms with Crippen molar-refractivity contribution in [2.45, 2.75) is 32.4 Å². The summed E-state index contributed by atoms with van der Waals surface area (Å²) in [6.07, 6.45) is 0.865. The van der Waals surface area contributed by atoms with Crippen molar-refractivity contribution in [3.05, 3.63) is 29.8 Å². The molecule has 0 aliphatic rings. The molecule has 0 heterocycles. The van der Waals surface area contributed by atoms with E-state index in [9.17, 15) is 4.21 Å². The molecule has 0 bridgehead atoms. The van der Waals surface area contributed by atoms with E-state index >= 15 is 0 Å². The fraction of sp³-hybridized carbons (Fsp3) is 0.538. The van der Waals surface area contributed by atoms with Crippen LogP contribution < -0.4 is 5.73 Å². The van der Waals surface area contributed by atoms with Crippen LogP contribution in [-0.4, -0.2) is 15.2 Å². The fourth-order valence-electron chi connectivity index (χ4n) is 1.39. The summed E-state index contributed by atoms with van der Waals surface area (Å²) < 4.78 is 11.9. The molecule has 1 aromatic carbocycles. The van der Waals surface area contributed by atoms with Crippen LogP contribution in [0.4, 0.5) is 5.69 Å². The summed E-state index contributed by atoms with van der Waals surface area (Å²) in [6, 6.07) is 7.80. The Hall–Kier alpha value is -0.830. The number of anilines is 1. The van der Waals surface area contributed by atoms with E-state index in [4.69, 9.17) is 5.73 Å². The largest absolute Gasteiger partial charge is 0.399 e. The van der Waals surface area contributed by atoms with Crippen molar-refractivity contribution in [3.8, 4) is 0 Å². The number of rotatable bonds is 5. The Labute approximate surface area is 101 Å². The van der Waals surface area contributed by atoms with Crippen LogP contribution in [0.5, 0.6) is 0 Å². The standard InChI is InChI=1S/C13H21NOS/c1-10(2)11(3)16(15)9-8-12-4-6-13(14)7-5-12/h4-7,10-11H,8-9,14H2,1-3H3. The first-order chi connectivity index (χ1) is 7.50. The molecule has 0 saturated heterocycles. The maximum absolute atomic E-state index is 11.9. The summed E-state index contributed by atoms with van der Waals surface area (Å²) in [5.41, 5.74) is 7.60. The van der Waals surface area contributed by atoms with E-state index in [-0.39, 0.29) is 5.25 Å². The monoisotopic (exact) mass is 239 g/mol. The molecule has 2 atom stereocenters. The van der Waals surface area contributed by atoms with E-state index in [0.29, 0.717) is 5.92 Å². The normalized spacial score (nSPS) is 15.0. The Morgan fingerprint density at radius 1 is 1.19 bits per heavy atom. The lowest BCUT2D eigenvalue weighted by molar-refractivity contribution is 0.605.